The lowest BCUT2D eigenvalue weighted by Gasteiger charge is -2.13. The van der Waals surface area contributed by atoms with Crippen molar-refractivity contribution in [3.63, 3.8) is 0 Å². The molecule has 0 saturated carbocycles. The van der Waals surface area contributed by atoms with Crippen LogP contribution in [-0.4, -0.2) is 18.1 Å². The van der Waals surface area contributed by atoms with Crippen molar-refractivity contribution in [3.05, 3.63) is 48.0 Å². The Morgan fingerprint density at radius 1 is 0.806 bits per heavy atom. The number of aryl methyl sites for hydroxylation is 1. The van der Waals surface area contributed by atoms with Gasteiger partial charge >= 0.3 is 10.1 Å². The molecule has 2 N–H and O–H groups in total. The lowest BCUT2D eigenvalue weighted by molar-refractivity contribution is 0.414. The van der Waals surface area contributed by atoms with E-state index < -0.39 is 20.8 Å². The maximum atomic E-state index is 11.8. The number of rotatable bonds is 15. The fourth-order valence-corrected chi connectivity index (χ4v) is 4.41. The number of phenols is 1. The number of hydrogen-bond donors (Lipinski definition) is 2. The first kappa shape index (κ1) is 25.2. The Morgan fingerprint density at radius 3 is 1.90 bits per heavy atom. The molecular weight excluding hydrogens is 412 g/mol. The van der Waals surface area contributed by atoms with Gasteiger partial charge in [0.25, 0.3) is 0 Å². The van der Waals surface area contributed by atoms with Crippen molar-refractivity contribution in [2.24, 2.45) is 0 Å². The predicted molar refractivity (Wildman–Crippen MR) is 125 cm³/mol. The maximum Gasteiger partial charge on any atom is 0.301 e. The van der Waals surface area contributed by atoms with Crippen molar-refractivity contribution in [3.8, 4) is 17.2 Å². The number of unbranched alkanes of at least 4 members (excludes halogenated alkanes) is 10. The first-order valence-electron chi connectivity index (χ1n) is 11.5. The van der Waals surface area contributed by atoms with Gasteiger partial charge in [0, 0.05) is 0 Å². The third-order valence-electron chi connectivity index (χ3n) is 5.39. The summed E-state index contributed by atoms with van der Waals surface area (Å²) in [5.74, 6) is -0.126. The molecule has 0 unspecified atom stereocenters. The zero-order chi connectivity index (χ0) is 22.5. The first-order chi connectivity index (χ1) is 14.9. The van der Waals surface area contributed by atoms with Crippen LogP contribution in [0.15, 0.2) is 47.4 Å². The van der Waals surface area contributed by atoms with Gasteiger partial charge in [0.15, 0.2) is 10.6 Å². The Morgan fingerprint density at radius 2 is 1.35 bits per heavy atom. The molecule has 0 aromatic heterocycles. The van der Waals surface area contributed by atoms with E-state index in [2.05, 4.69) is 6.92 Å². The van der Waals surface area contributed by atoms with Crippen LogP contribution in [0.2, 0.25) is 0 Å². The molecule has 5 nitrogen and oxygen atoms in total. The molecule has 0 bridgehead atoms. The molecule has 0 aliphatic carbocycles. The molecule has 0 radical (unpaired) electrons. The van der Waals surface area contributed by atoms with E-state index in [1.165, 1.54) is 63.9 Å². The van der Waals surface area contributed by atoms with Gasteiger partial charge in [-0.3, -0.25) is 4.55 Å². The van der Waals surface area contributed by atoms with Gasteiger partial charge < -0.3 is 9.84 Å². The Balaban J connectivity index is 1.85. The molecule has 6 heteroatoms. The van der Waals surface area contributed by atoms with E-state index in [9.17, 15) is 18.1 Å². The Hall–Kier alpha value is -2.05. The largest absolute Gasteiger partial charge is 0.506 e. The molecule has 0 spiro atoms. The second kappa shape index (κ2) is 13.4. The van der Waals surface area contributed by atoms with E-state index >= 15 is 0 Å². The average molecular weight is 449 g/mol. The summed E-state index contributed by atoms with van der Waals surface area (Å²) < 4.78 is 38.7. The molecule has 31 heavy (non-hydrogen) atoms. The van der Waals surface area contributed by atoms with Crippen LogP contribution in [0.3, 0.4) is 0 Å². The molecule has 0 aliphatic heterocycles. The summed E-state index contributed by atoms with van der Waals surface area (Å²) in [5, 5.41) is 10.2. The minimum absolute atomic E-state index is 0.0632. The summed E-state index contributed by atoms with van der Waals surface area (Å²) in [4.78, 5) is -0.598. The van der Waals surface area contributed by atoms with E-state index in [0.717, 1.165) is 18.4 Å². The van der Waals surface area contributed by atoms with Crippen LogP contribution in [0.4, 0.5) is 0 Å². The average Bonchev–Trinajstić information content (AvgIpc) is 2.71. The fourth-order valence-electron chi connectivity index (χ4n) is 3.73. The summed E-state index contributed by atoms with van der Waals surface area (Å²) >= 11 is 0. The third-order valence-corrected chi connectivity index (χ3v) is 6.32. The number of phenolic OH excluding ortho intramolecular Hbond substituents is 1. The first-order valence-corrected chi connectivity index (χ1v) is 12.9. The lowest BCUT2D eigenvalue weighted by Crippen LogP contribution is -2.03. The van der Waals surface area contributed by atoms with Crippen molar-refractivity contribution in [1.29, 1.82) is 0 Å². The smallest absolute Gasteiger partial charge is 0.301 e. The molecule has 0 saturated heterocycles. The molecule has 0 aliphatic rings. The number of hydrogen-bond acceptors (Lipinski definition) is 4. The Bertz CT molecular complexity index is 878. The van der Waals surface area contributed by atoms with E-state index in [1.54, 1.807) is 30.3 Å². The molecule has 0 amide bonds. The summed E-state index contributed by atoms with van der Waals surface area (Å²) in [6.07, 6.45) is 14.4. The zero-order valence-corrected chi connectivity index (χ0v) is 19.4. The molecule has 0 atom stereocenters. The van der Waals surface area contributed by atoms with Crippen molar-refractivity contribution < 1.29 is 22.8 Å². The second-order valence-electron chi connectivity index (χ2n) is 8.12. The minimum Gasteiger partial charge on any atom is -0.506 e. The van der Waals surface area contributed by atoms with Gasteiger partial charge in [-0.05, 0) is 42.7 Å². The SMILES string of the molecule is CCCCCCCCCCCCCc1cc(O)c(S(=O)(=O)O)c(Oc2ccccc2)c1. The summed E-state index contributed by atoms with van der Waals surface area (Å²) in [6.45, 7) is 2.24. The van der Waals surface area contributed by atoms with Crippen LogP contribution in [0.1, 0.15) is 83.1 Å². The predicted octanol–water partition coefficient (Wildman–Crippen LogP) is 7.28. The van der Waals surface area contributed by atoms with Gasteiger partial charge in [-0.1, -0.05) is 89.3 Å². The number of ether oxygens (including phenoxy) is 1. The monoisotopic (exact) mass is 448 g/mol. The molecule has 2 rings (SSSR count). The van der Waals surface area contributed by atoms with Gasteiger partial charge in [0.1, 0.15) is 11.5 Å². The van der Waals surface area contributed by atoms with Gasteiger partial charge in [-0.15, -0.1) is 0 Å². The summed E-state index contributed by atoms with van der Waals surface area (Å²) in [7, 11) is -4.62. The van der Waals surface area contributed by atoms with Crippen LogP contribution >= 0.6 is 0 Å². The van der Waals surface area contributed by atoms with Crippen LogP contribution in [0.25, 0.3) is 0 Å². The highest BCUT2D eigenvalue weighted by molar-refractivity contribution is 7.86. The van der Waals surface area contributed by atoms with Crippen LogP contribution in [-0.2, 0) is 16.5 Å². The summed E-state index contributed by atoms with van der Waals surface area (Å²) in [6, 6.07) is 11.7. The van der Waals surface area contributed by atoms with E-state index in [1.807, 2.05) is 6.07 Å². The van der Waals surface area contributed by atoms with Gasteiger partial charge in [0.2, 0.25) is 0 Å². The van der Waals surface area contributed by atoms with E-state index in [-0.39, 0.29) is 5.75 Å². The minimum atomic E-state index is -4.62. The normalized spacial score (nSPS) is 11.5. The van der Waals surface area contributed by atoms with Crippen molar-refractivity contribution in [2.75, 3.05) is 0 Å². The number of aromatic hydroxyl groups is 1. The topological polar surface area (TPSA) is 83.8 Å². The van der Waals surface area contributed by atoms with Crippen molar-refractivity contribution >= 4 is 10.1 Å². The van der Waals surface area contributed by atoms with E-state index in [0.29, 0.717) is 12.2 Å². The summed E-state index contributed by atoms with van der Waals surface area (Å²) in [5.41, 5.74) is 0.784. The molecule has 172 valence electrons. The van der Waals surface area contributed by atoms with Crippen LogP contribution in [0.5, 0.6) is 17.2 Å². The van der Waals surface area contributed by atoms with E-state index in [4.69, 9.17) is 4.74 Å². The van der Waals surface area contributed by atoms with Crippen LogP contribution < -0.4 is 4.74 Å². The van der Waals surface area contributed by atoms with Crippen LogP contribution in [0, 0.1) is 0 Å². The lowest BCUT2D eigenvalue weighted by atomic mass is 10.0. The number of benzene rings is 2. The highest BCUT2D eigenvalue weighted by Gasteiger charge is 2.23. The van der Waals surface area contributed by atoms with Gasteiger partial charge in [0.05, 0.1) is 0 Å². The third kappa shape index (κ3) is 9.32. The molecule has 2 aromatic carbocycles. The Kier molecular flexibility index (Phi) is 10.9. The highest BCUT2D eigenvalue weighted by Crippen LogP contribution is 2.37. The standard InChI is InChI=1S/C25H36O5S/c1-2-3-4-5-6-7-8-9-10-11-13-16-21-19-23(26)25(31(27,28)29)24(20-21)30-22-17-14-12-15-18-22/h12,14-15,17-20,26H,2-11,13,16H2,1H3,(H,27,28,29). The zero-order valence-electron chi connectivity index (χ0n) is 18.6. The quantitative estimate of drug-likeness (QED) is 0.221. The molecular formula is C25H36O5S. The van der Waals surface area contributed by atoms with Gasteiger partial charge in [-0.2, -0.15) is 8.42 Å². The maximum absolute atomic E-state index is 11.8. The van der Waals surface area contributed by atoms with Gasteiger partial charge in [-0.25, -0.2) is 0 Å². The molecule has 0 fully saturated rings. The highest BCUT2D eigenvalue weighted by atomic mass is 32.2. The fraction of sp³-hybridized carbons (Fsp3) is 0.520. The molecule has 2 aromatic rings. The molecule has 0 heterocycles. The Labute approximate surface area is 187 Å². The van der Waals surface area contributed by atoms with Crippen molar-refractivity contribution in [1.82, 2.24) is 0 Å². The van der Waals surface area contributed by atoms with Crippen molar-refractivity contribution in [2.45, 2.75) is 88.9 Å². The second-order valence-corrected chi connectivity index (χ2v) is 9.48. The number of para-hydroxylation sites is 1.